The fourth-order valence-electron chi connectivity index (χ4n) is 5.14. The van der Waals surface area contributed by atoms with Crippen molar-refractivity contribution in [2.75, 3.05) is 33.0 Å². The van der Waals surface area contributed by atoms with Crippen LogP contribution in [0.1, 0.15) is 0 Å². The predicted molar refractivity (Wildman–Crippen MR) is 138 cm³/mol. The van der Waals surface area contributed by atoms with E-state index < -0.39 is 143 Å². The third kappa shape index (κ3) is 8.35. The molecule has 0 aromatic carbocycles. The normalized spacial score (nSPS) is 47.6. The van der Waals surface area contributed by atoms with Crippen molar-refractivity contribution in [1.29, 1.82) is 0 Å². The Kier molecular flexibility index (Phi) is 13.5. The molecule has 12 N–H and O–H groups in total. The van der Waals surface area contributed by atoms with E-state index in [4.69, 9.17) is 37.9 Å². The summed E-state index contributed by atoms with van der Waals surface area (Å²) in [5.41, 5.74) is 0. The first-order valence-corrected chi connectivity index (χ1v) is 14.4. The lowest BCUT2D eigenvalue weighted by Gasteiger charge is -2.44. The van der Waals surface area contributed by atoms with Gasteiger partial charge in [0.15, 0.2) is 31.4 Å². The molecule has 4 heterocycles. The molecule has 4 saturated heterocycles. The van der Waals surface area contributed by atoms with Crippen molar-refractivity contribution in [3.8, 4) is 0 Å². The number of carbonyl (C=O) groups excluding carboxylic acids is 1. The third-order valence-corrected chi connectivity index (χ3v) is 8.04. The second-order valence-corrected chi connectivity index (χ2v) is 11.3. The van der Waals surface area contributed by atoms with E-state index in [-0.39, 0.29) is 12.9 Å². The number of carbonyl (C=O) groups is 1. The third-order valence-electron chi connectivity index (χ3n) is 8.04. The van der Waals surface area contributed by atoms with E-state index in [1.807, 2.05) is 0 Å². The molecule has 46 heavy (non-hydrogen) atoms. The van der Waals surface area contributed by atoms with E-state index >= 15 is 0 Å². The van der Waals surface area contributed by atoms with Crippen LogP contribution in [-0.2, 0) is 42.7 Å². The zero-order valence-corrected chi connectivity index (χ0v) is 24.1. The Bertz CT molecular complexity index is 947. The number of hydrogen-bond donors (Lipinski definition) is 12. The SMILES string of the molecule is O=CC(O)C(O)C(CO)OC1OCC(OC2OCC(OC3OCC(OC4OCC(O)C(O)C4O)C(O)C3O)C(O)C2O)C(O)C1O. The summed E-state index contributed by atoms with van der Waals surface area (Å²) in [4.78, 5) is 10.7. The van der Waals surface area contributed by atoms with Crippen molar-refractivity contribution in [2.45, 2.75) is 117 Å². The van der Waals surface area contributed by atoms with Gasteiger partial charge < -0.3 is 104 Å². The van der Waals surface area contributed by atoms with Crippen molar-refractivity contribution in [3.05, 3.63) is 0 Å². The van der Waals surface area contributed by atoms with Crippen LogP contribution < -0.4 is 0 Å². The van der Waals surface area contributed by atoms with Crippen molar-refractivity contribution in [1.82, 2.24) is 0 Å². The lowest BCUT2D eigenvalue weighted by molar-refractivity contribution is -0.359. The van der Waals surface area contributed by atoms with E-state index in [1.54, 1.807) is 0 Å². The van der Waals surface area contributed by atoms with E-state index in [0.717, 1.165) is 0 Å². The maximum absolute atomic E-state index is 10.7. The van der Waals surface area contributed by atoms with Crippen molar-refractivity contribution in [3.63, 3.8) is 0 Å². The topological polar surface area (TPSA) is 334 Å². The summed E-state index contributed by atoms with van der Waals surface area (Å²) in [6, 6.07) is 0. The molecule has 0 radical (unpaired) electrons. The summed E-state index contributed by atoms with van der Waals surface area (Å²) >= 11 is 0. The summed E-state index contributed by atoms with van der Waals surface area (Å²) in [7, 11) is 0. The van der Waals surface area contributed by atoms with Crippen molar-refractivity contribution < 1.29 is 104 Å². The van der Waals surface area contributed by atoms with Crippen LogP contribution in [0.5, 0.6) is 0 Å². The van der Waals surface area contributed by atoms with E-state index in [9.17, 15) is 66.1 Å². The zero-order valence-electron chi connectivity index (χ0n) is 24.1. The molecule has 268 valence electrons. The van der Waals surface area contributed by atoms with E-state index in [0.29, 0.717) is 0 Å². The minimum atomic E-state index is -1.91. The molecular formula is C25H42O21. The largest absolute Gasteiger partial charge is 0.394 e. The first-order chi connectivity index (χ1) is 21.8. The van der Waals surface area contributed by atoms with Gasteiger partial charge >= 0.3 is 0 Å². The fourth-order valence-corrected chi connectivity index (χ4v) is 5.14. The van der Waals surface area contributed by atoms with Gasteiger partial charge in [0.25, 0.3) is 0 Å². The van der Waals surface area contributed by atoms with Crippen molar-refractivity contribution >= 4 is 6.29 Å². The summed E-state index contributed by atoms with van der Waals surface area (Å²) in [6.45, 7) is -2.59. The predicted octanol–water partition coefficient (Wildman–Crippen LogP) is -8.89. The number of aldehydes is 1. The zero-order chi connectivity index (χ0) is 33.9. The molecule has 21 heteroatoms. The second kappa shape index (κ2) is 16.5. The van der Waals surface area contributed by atoms with Gasteiger partial charge in [0.2, 0.25) is 0 Å². The van der Waals surface area contributed by atoms with Crippen molar-refractivity contribution in [2.24, 2.45) is 0 Å². The Morgan fingerprint density at radius 2 is 0.935 bits per heavy atom. The molecule has 21 nitrogen and oxygen atoms in total. The summed E-state index contributed by atoms with van der Waals surface area (Å²) in [6.07, 6.45) is -30.7. The summed E-state index contributed by atoms with van der Waals surface area (Å²) < 4.78 is 42.9. The maximum atomic E-state index is 10.7. The average molecular weight is 679 g/mol. The Labute approximate surface area is 260 Å². The van der Waals surface area contributed by atoms with Crippen LogP contribution >= 0.6 is 0 Å². The number of aliphatic hydroxyl groups excluding tert-OH is 12. The fraction of sp³-hybridized carbons (Fsp3) is 0.960. The molecule has 0 amide bonds. The first-order valence-electron chi connectivity index (χ1n) is 14.4. The van der Waals surface area contributed by atoms with Crippen LogP contribution in [-0.4, -0.2) is 217 Å². The molecule has 0 aromatic rings. The van der Waals surface area contributed by atoms with Gasteiger partial charge in [-0.3, -0.25) is 0 Å². The van der Waals surface area contributed by atoms with Gasteiger partial charge in [-0.2, -0.15) is 0 Å². The van der Waals surface area contributed by atoms with E-state index in [2.05, 4.69) is 0 Å². The van der Waals surface area contributed by atoms with Gasteiger partial charge in [-0.25, -0.2) is 0 Å². The van der Waals surface area contributed by atoms with Gasteiger partial charge in [0.1, 0.15) is 91.6 Å². The summed E-state index contributed by atoms with van der Waals surface area (Å²) in [5, 5.41) is 122. The number of aliphatic hydroxyl groups is 12. The van der Waals surface area contributed by atoms with Crippen LogP contribution in [0.3, 0.4) is 0 Å². The lowest BCUT2D eigenvalue weighted by atomic mass is 10.0. The first kappa shape index (κ1) is 37.7. The Balaban J connectivity index is 1.25. The molecule has 19 unspecified atom stereocenters. The second-order valence-electron chi connectivity index (χ2n) is 11.3. The van der Waals surface area contributed by atoms with Crippen LogP contribution in [0.2, 0.25) is 0 Å². The highest BCUT2D eigenvalue weighted by Crippen LogP contribution is 2.29. The molecule has 0 aliphatic carbocycles. The standard InChI is InChI=1S/C25H42O21/c26-1-7(28)13(30)9(2-27)43-23-19(36)15(32)11(4-40-23)45-25-21(38)17(34)12(6-42-25)46-24-20(37)16(33)10(5-41-24)44-22-18(35)14(31)8(29)3-39-22/h1,7-25,27-38H,2-6H2. The molecule has 0 aromatic heterocycles. The van der Waals surface area contributed by atoms with Gasteiger partial charge in [0, 0.05) is 0 Å². The Hall–Kier alpha value is -1.13. The highest BCUT2D eigenvalue weighted by Gasteiger charge is 2.49. The minimum Gasteiger partial charge on any atom is -0.394 e. The number of rotatable bonds is 12. The van der Waals surface area contributed by atoms with Gasteiger partial charge in [0.05, 0.1) is 33.0 Å². The maximum Gasteiger partial charge on any atom is 0.186 e. The van der Waals surface area contributed by atoms with Crippen LogP contribution in [0.25, 0.3) is 0 Å². The number of ether oxygens (including phenoxy) is 8. The molecule has 4 rings (SSSR count). The molecule has 4 aliphatic rings. The van der Waals surface area contributed by atoms with Crippen LogP contribution in [0.15, 0.2) is 0 Å². The van der Waals surface area contributed by atoms with Crippen LogP contribution in [0, 0.1) is 0 Å². The lowest BCUT2D eigenvalue weighted by Crippen LogP contribution is -2.62. The van der Waals surface area contributed by atoms with Crippen LogP contribution in [0.4, 0.5) is 0 Å². The minimum absolute atomic E-state index is 0.00746. The highest BCUT2D eigenvalue weighted by molar-refractivity contribution is 5.56. The number of hydrogen-bond acceptors (Lipinski definition) is 21. The molecule has 0 saturated carbocycles. The Morgan fingerprint density at radius 3 is 1.35 bits per heavy atom. The molecular weight excluding hydrogens is 636 g/mol. The molecule has 0 spiro atoms. The Morgan fingerprint density at radius 1 is 0.565 bits per heavy atom. The summed E-state index contributed by atoms with van der Waals surface area (Å²) in [5.74, 6) is 0. The highest BCUT2D eigenvalue weighted by atomic mass is 16.8. The average Bonchev–Trinajstić information content (AvgIpc) is 3.05. The van der Waals surface area contributed by atoms with E-state index in [1.165, 1.54) is 0 Å². The molecule has 0 bridgehead atoms. The van der Waals surface area contributed by atoms with Gasteiger partial charge in [-0.05, 0) is 0 Å². The quantitative estimate of drug-likeness (QED) is 0.0852. The monoisotopic (exact) mass is 678 g/mol. The smallest absolute Gasteiger partial charge is 0.186 e. The van der Waals surface area contributed by atoms with Gasteiger partial charge in [-0.1, -0.05) is 0 Å². The van der Waals surface area contributed by atoms with Gasteiger partial charge in [-0.15, -0.1) is 0 Å². The molecule has 19 atom stereocenters. The molecule has 4 fully saturated rings. The molecule has 4 aliphatic heterocycles.